The van der Waals surface area contributed by atoms with Crippen molar-refractivity contribution in [3.63, 3.8) is 0 Å². The van der Waals surface area contributed by atoms with Gasteiger partial charge in [-0.1, -0.05) is 39.5 Å². The minimum absolute atomic E-state index is 0.256. The minimum Gasteiger partial charge on any atom is -0.463 e. The van der Waals surface area contributed by atoms with Gasteiger partial charge in [0.1, 0.15) is 6.11 Å². The number of carbonyl (C=O) groups is 2. The molecule has 3 N–H and O–H groups in total. The van der Waals surface area contributed by atoms with Crippen LogP contribution in [0.15, 0.2) is 22.5 Å². The number of carbonyl (C=O) groups excluding carboxylic acids is 2. The van der Waals surface area contributed by atoms with Crippen LogP contribution >= 0.6 is 0 Å². The Hall–Kier alpha value is -2.50. The largest absolute Gasteiger partial charge is 0.463 e. The van der Waals surface area contributed by atoms with E-state index in [-0.39, 0.29) is 23.8 Å². The Morgan fingerprint density at radius 2 is 1.17 bits per heavy atom. The molecule has 264 valence electrons. The van der Waals surface area contributed by atoms with Crippen LogP contribution in [0.4, 0.5) is 0 Å². The number of nitrogens with zero attached hydrogens (tertiary/aromatic N) is 2. The number of aliphatic hydroxyl groups excluding tert-OH is 1. The number of aliphatic hydroxyl groups is 1. The molecule has 0 spiro atoms. The first kappa shape index (κ1) is 34.0. The molecule has 7 rings (SSSR count). The van der Waals surface area contributed by atoms with E-state index in [1.54, 1.807) is 0 Å². The zero-order valence-electron chi connectivity index (χ0n) is 29.8. The SMILES string of the molecule is CCOC(=O)C1=C(NC2CCC3C(C2)C2CCCCC2N3CC)CC(C(=O)C#CO)=C(NC2CCC3C(C2)C2CCCCC2N3CC)C1. The van der Waals surface area contributed by atoms with E-state index in [0.717, 1.165) is 74.1 Å². The Balaban J connectivity index is 1.11. The third-order valence-corrected chi connectivity index (χ3v) is 14.0. The number of nitrogens with one attached hydrogen (secondary N) is 2. The van der Waals surface area contributed by atoms with Gasteiger partial charge in [0.25, 0.3) is 0 Å². The van der Waals surface area contributed by atoms with Gasteiger partial charge in [-0.3, -0.25) is 14.6 Å². The van der Waals surface area contributed by atoms with Crippen molar-refractivity contribution in [2.75, 3.05) is 19.7 Å². The summed E-state index contributed by atoms with van der Waals surface area (Å²) in [6.45, 7) is 9.09. The molecule has 0 aromatic rings. The molecule has 0 amide bonds. The minimum atomic E-state index is -0.357. The molecule has 2 aliphatic heterocycles. The third kappa shape index (κ3) is 6.32. The van der Waals surface area contributed by atoms with Crippen LogP contribution in [0, 0.1) is 35.7 Å². The van der Waals surface area contributed by atoms with Gasteiger partial charge in [0, 0.05) is 72.0 Å². The summed E-state index contributed by atoms with van der Waals surface area (Å²) in [5, 5.41) is 17.1. The third-order valence-electron chi connectivity index (χ3n) is 14.0. The van der Waals surface area contributed by atoms with Gasteiger partial charge in [-0.2, -0.15) is 0 Å². The van der Waals surface area contributed by atoms with Gasteiger partial charge in [0.15, 0.2) is 0 Å². The predicted molar refractivity (Wildman–Crippen MR) is 187 cm³/mol. The van der Waals surface area contributed by atoms with Gasteiger partial charge in [-0.25, -0.2) is 4.79 Å². The topological polar surface area (TPSA) is 94.1 Å². The van der Waals surface area contributed by atoms with Crippen molar-refractivity contribution in [2.45, 2.75) is 160 Å². The molecular formula is C40H60N4O4. The summed E-state index contributed by atoms with van der Waals surface area (Å²) in [6, 6.07) is 3.31. The lowest BCUT2D eigenvalue weighted by molar-refractivity contribution is -0.138. The lowest BCUT2D eigenvalue weighted by atomic mass is 9.72. The summed E-state index contributed by atoms with van der Waals surface area (Å²) in [6.07, 6.45) is 19.9. The first-order valence-corrected chi connectivity index (χ1v) is 19.8. The predicted octanol–water partition coefficient (Wildman–Crippen LogP) is 5.80. The molecule has 8 heteroatoms. The molecule has 48 heavy (non-hydrogen) atoms. The smallest absolute Gasteiger partial charge is 0.336 e. The zero-order chi connectivity index (χ0) is 33.4. The van der Waals surface area contributed by atoms with Crippen LogP contribution in [-0.2, 0) is 14.3 Å². The van der Waals surface area contributed by atoms with Gasteiger partial charge >= 0.3 is 5.97 Å². The summed E-state index contributed by atoms with van der Waals surface area (Å²) in [5.41, 5.74) is 2.85. The number of allylic oxidation sites excluding steroid dienone is 2. The van der Waals surface area contributed by atoms with Crippen molar-refractivity contribution in [3.05, 3.63) is 22.5 Å². The van der Waals surface area contributed by atoms with Crippen molar-refractivity contribution in [1.82, 2.24) is 20.4 Å². The van der Waals surface area contributed by atoms with Crippen LogP contribution in [-0.4, -0.2) is 82.6 Å². The number of Topliss-reactive ketones (excluding diaryl/α,β-unsaturated/α-hetero) is 1. The number of esters is 1. The average molecular weight is 661 g/mol. The highest BCUT2D eigenvalue weighted by Crippen LogP contribution is 2.51. The monoisotopic (exact) mass is 660 g/mol. The van der Waals surface area contributed by atoms with Crippen LogP contribution in [0.5, 0.6) is 0 Å². The highest BCUT2D eigenvalue weighted by Gasteiger charge is 2.52. The van der Waals surface area contributed by atoms with Crippen LogP contribution < -0.4 is 10.6 Å². The molecule has 4 saturated carbocycles. The fourth-order valence-corrected chi connectivity index (χ4v) is 12.2. The summed E-state index contributed by atoms with van der Waals surface area (Å²) in [5.74, 6) is 4.68. The van der Waals surface area contributed by atoms with Crippen molar-refractivity contribution in [3.8, 4) is 12.0 Å². The molecule has 10 unspecified atom stereocenters. The van der Waals surface area contributed by atoms with Gasteiger partial charge in [0.2, 0.25) is 5.78 Å². The van der Waals surface area contributed by atoms with E-state index in [1.165, 1.54) is 64.2 Å². The molecule has 2 heterocycles. The van der Waals surface area contributed by atoms with Gasteiger partial charge in [0.05, 0.1) is 12.2 Å². The second kappa shape index (κ2) is 14.8. The number of ether oxygens (including phenoxy) is 1. The van der Waals surface area contributed by atoms with Crippen LogP contribution in [0.3, 0.4) is 0 Å². The van der Waals surface area contributed by atoms with E-state index in [4.69, 9.17) is 4.74 Å². The summed E-state index contributed by atoms with van der Waals surface area (Å²) in [7, 11) is 0. The van der Waals surface area contributed by atoms with E-state index >= 15 is 0 Å². The first-order chi connectivity index (χ1) is 23.4. The summed E-state index contributed by atoms with van der Waals surface area (Å²) >= 11 is 0. The van der Waals surface area contributed by atoms with Crippen molar-refractivity contribution in [2.24, 2.45) is 23.7 Å². The zero-order valence-corrected chi connectivity index (χ0v) is 29.8. The molecule has 8 nitrogen and oxygen atoms in total. The highest BCUT2D eigenvalue weighted by molar-refractivity contribution is 6.09. The molecule has 0 bridgehead atoms. The normalized spacial score (nSPS) is 38.2. The Morgan fingerprint density at radius 3 is 1.67 bits per heavy atom. The number of rotatable bonds is 9. The van der Waals surface area contributed by atoms with E-state index in [1.807, 2.05) is 13.0 Å². The Kier molecular flexibility index (Phi) is 10.5. The molecule has 5 aliphatic carbocycles. The quantitative estimate of drug-likeness (QED) is 0.211. The standard InChI is InChI=1S/C40H60N4O4/c1-4-43-35-13-9-7-11-27(35)29-21-25(15-17-37(29)43)41-33-24-32(40(47)48-6-3)34(23-31(33)39(46)19-20-45)42-26-16-18-38-30(22-26)28-12-8-10-14-36(28)44(38)5-2/h25-30,35-38,41-42,45H,4-18,21-24H2,1-3H3. The Bertz CT molecular complexity index is 1330. The lowest BCUT2D eigenvalue weighted by Gasteiger charge is -2.39. The van der Waals surface area contributed by atoms with E-state index in [2.05, 4.69) is 40.2 Å². The second-order valence-electron chi connectivity index (χ2n) is 16.0. The molecule has 7 aliphatic rings. The average Bonchev–Trinajstić information content (AvgIpc) is 3.60. The molecule has 0 radical (unpaired) electrons. The van der Waals surface area contributed by atoms with Crippen molar-refractivity contribution in [1.29, 1.82) is 0 Å². The summed E-state index contributed by atoms with van der Waals surface area (Å²) in [4.78, 5) is 32.7. The molecule has 2 saturated heterocycles. The van der Waals surface area contributed by atoms with Crippen LogP contribution in [0.25, 0.3) is 0 Å². The molecule has 10 atom stereocenters. The van der Waals surface area contributed by atoms with Gasteiger partial charge in [-0.05, 0) is 108 Å². The molecule has 0 aromatic carbocycles. The number of likely N-dealkylation sites (tertiary alicyclic amines) is 2. The highest BCUT2D eigenvalue weighted by atomic mass is 16.5. The first-order valence-electron chi connectivity index (χ1n) is 19.8. The maximum Gasteiger partial charge on any atom is 0.336 e. The fourth-order valence-electron chi connectivity index (χ4n) is 12.2. The number of fused-ring (bicyclic) bond motifs is 6. The maximum atomic E-state index is 13.6. The van der Waals surface area contributed by atoms with Crippen LogP contribution in [0.1, 0.15) is 124 Å². The van der Waals surface area contributed by atoms with Gasteiger partial charge in [-0.15, -0.1) is 0 Å². The Morgan fingerprint density at radius 1 is 0.688 bits per heavy atom. The fraction of sp³-hybridized carbons (Fsp3) is 0.800. The molecule has 6 fully saturated rings. The number of hydrogen-bond acceptors (Lipinski definition) is 8. The van der Waals surface area contributed by atoms with Crippen LogP contribution in [0.2, 0.25) is 0 Å². The second-order valence-corrected chi connectivity index (χ2v) is 16.0. The number of ketones is 1. The van der Waals surface area contributed by atoms with E-state index in [0.29, 0.717) is 54.5 Å². The van der Waals surface area contributed by atoms with E-state index < -0.39 is 0 Å². The van der Waals surface area contributed by atoms with Crippen molar-refractivity contribution < 1.29 is 19.4 Å². The Labute approximate surface area is 288 Å². The molecular weight excluding hydrogens is 600 g/mol. The lowest BCUT2D eigenvalue weighted by Crippen LogP contribution is -2.45. The van der Waals surface area contributed by atoms with Gasteiger partial charge < -0.3 is 20.5 Å². The summed E-state index contributed by atoms with van der Waals surface area (Å²) < 4.78 is 5.64. The number of hydrogen-bond donors (Lipinski definition) is 3. The van der Waals surface area contributed by atoms with E-state index in [9.17, 15) is 14.7 Å². The molecule has 0 aromatic heterocycles. The maximum absolute atomic E-state index is 13.6. The van der Waals surface area contributed by atoms with Crippen molar-refractivity contribution >= 4 is 11.8 Å².